The number of piperidine rings is 1. The van der Waals surface area contributed by atoms with Gasteiger partial charge in [-0.25, -0.2) is 0 Å². The second-order valence-electron chi connectivity index (χ2n) is 5.38. The minimum Gasteiger partial charge on any atom is -0.378 e. The molecule has 0 aromatic heterocycles. The molecule has 1 saturated heterocycles. The number of ether oxygens (including phenoxy) is 1. The van der Waals surface area contributed by atoms with E-state index in [1.165, 1.54) is 12.8 Å². The van der Waals surface area contributed by atoms with Crippen LogP contribution in [0.1, 0.15) is 25.7 Å². The fourth-order valence-corrected chi connectivity index (χ4v) is 2.37. The van der Waals surface area contributed by atoms with Crippen molar-refractivity contribution in [2.75, 3.05) is 33.3 Å². The quantitative estimate of drug-likeness (QED) is 0.622. The van der Waals surface area contributed by atoms with Gasteiger partial charge >= 0.3 is 0 Å². The lowest BCUT2D eigenvalue weighted by atomic mass is 10.1. The maximum absolute atomic E-state index is 5.94. The fourth-order valence-electron chi connectivity index (χ4n) is 2.30. The van der Waals surface area contributed by atoms with Crippen LogP contribution < -0.4 is 5.32 Å². The standard InChI is InChI=1S/C14H24ClN3O/c1-11(15)9-17-14(16-2)18-7-5-13(6-8-18)19-10-12-3-4-12/h12-13H,1,3-10H2,2H3,(H,16,17). The van der Waals surface area contributed by atoms with E-state index in [-0.39, 0.29) is 0 Å². The van der Waals surface area contributed by atoms with Gasteiger partial charge in [-0.3, -0.25) is 4.99 Å². The minimum absolute atomic E-state index is 0.429. The lowest BCUT2D eigenvalue weighted by molar-refractivity contribution is 0.0131. The Morgan fingerprint density at radius 2 is 2.05 bits per heavy atom. The highest BCUT2D eigenvalue weighted by atomic mass is 35.5. The predicted octanol–water partition coefficient (Wildman–Crippen LogP) is 2.21. The van der Waals surface area contributed by atoms with Crippen molar-refractivity contribution in [2.45, 2.75) is 31.8 Å². The zero-order valence-corrected chi connectivity index (χ0v) is 12.5. The molecule has 0 spiro atoms. The molecule has 0 amide bonds. The first kappa shape index (κ1) is 14.7. The third-order valence-corrected chi connectivity index (χ3v) is 3.79. The van der Waals surface area contributed by atoms with E-state index in [1.54, 1.807) is 7.05 Å². The van der Waals surface area contributed by atoms with Crippen LogP contribution in [0.25, 0.3) is 0 Å². The Morgan fingerprint density at radius 3 is 2.58 bits per heavy atom. The second-order valence-corrected chi connectivity index (χ2v) is 5.92. The molecule has 1 aliphatic heterocycles. The SMILES string of the molecule is C=C(Cl)CNC(=NC)N1CCC(OCC2CC2)CC1. The van der Waals surface area contributed by atoms with Gasteiger partial charge < -0.3 is 15.0 Å². The summed E-state index contributed by atoms with van der Waals surface area (Å²) in [7, 11) is 1.80. The number of hydrogen-bond donors (Lipinski definition) is 1. The molecule has 2 rings (SSSR count). The van der Waals surface area contributed by atoms with E-state index in [1.807, 2.05) is 0 Å². The van der Waals surface area contributed by atoms with E-state index in [9.17, 15) is 0 Å². The zero-order valence-electron chi connectivity index (χ0n) is 11.7. The summed E-state index contributed by atoms with van der Waals surface area (Å²) in [5.74, 6) is 1.75. The van der Waals surface area contributed by atoms with Crippen molar-refractivity contribution in [3.05, 3.63) is 11.6 Å². The molecule has 4 nitrogen and oxygen atoms in total. The van der Waals surface area contributed by atoms with Crippen LogP contribution in [0.15, 0.2) is 16.6 Å². The number of halogens is 1. The maximum atomic E-state index is 5.94. The molecule has 0 radical (unpaired) electrons. The van der Waals surface area contributed by atoms with Crippen LogP contribution in [0.5, 0.6) is 0 Å². The lowest BCUT2D eigenvalue weighted by Crippen LogP contribution is -2.47. The number of rotatable bonds is 5. The average Bonchev–Trinajstić information content (AvgIpc) is 3.22. The van der Waals surface area contributed by atoms with E-state index in [0.717, 1.165) is 44.4 Å². The number of nitrogens with one attached hydrogen (secondary N) is 1. The van der Waals surface area contributed by atoms with Crippen LogP contribution in [-0.4, -0.2) is 50.3 Å². The van der Waals surface area contributed by atoms with Gasteiger partial charge in [0.25, 0.3) is 0 Å². The normalized spacial score (nSPS) is 21.6. The van der Waals surface area contributed by atoms with Gasteiger partial charge in [0.15, 0.2) is 5.96 Å². The van der Waals surface area contributed by atoms with Crippen molar-refractivity contribution in [3.63, 3.8) is 0 Å². The minimum atomic E-state index is 0.429. The van der Waals surface area contributed by atoms with Crippen molar-refractivity contribution in [3.8, 4) is 0 Å². The number of guanidine groups is 1. The molecule has 0 bridgehead atoms. The molecule has 1 heterocycles. The molecule has 1 aliphatic carbocycles. The summed E-state index contributed by atoms with van der Waals surface area (Å²) in [4.78, 5) is 6.54. The molecular weight excluding hydrogens is 262 g/mol. The Hall–Kier alpha value is -0.740. The lowest BCUT2D eigenvalue weighted by Gasteiger charge is -2.34. The van der Waals surface area contributed by atoms with Gasteiger partial charge in [0, 0.05) is 31.8 Å². The predicted molar refractivity (Wildman–Crippen MR) is 79.6 cm³/mol. The zero-order chi connectivity index (χ0) is 13.7. The van der Waals surface area contributed by atoms with Crippen LogP contribution in [-0.2, 0) is 4.74 Å². The van der Waals surface area contributed by atoms with Crippen molar-refractivity contribution in [2.24, 2.45) is 10.9 Å². The number of likely N-dealkylation sites (tertiary alicyclic amines) is 1. The molecule has 19 heavy (non-hydrogen) atoms. The molecule has 1 saturated carbocycles. The highest BCUT2D eigenvalue weighted by Crippen LogP contribution is 2.30. The topological polar surface area (TPSA) is 36.9 Å². The summed E-state index contributed by atoms with van der Waals surface area (Å²) in [6, 6.07) is 0. The first-order valence-electron chi connectivity index (χ1n) is 7.09. The highest BCUT2D eigenvalue weighted by Gasteiger charge is 2.26. The molecule has 108 valence electrons. The molecule has 2 aliphatic rings. The van der Waals surface area contributed by atoms with Crippen LogP contribution in [0.2, 0.25) is 0 Å². The van der Waals surface area contributed by atoms with Crippen molar-refractivity contribution < 1.29 is 4.74 Å². The van der Waals surface area contributed by atoms with Crippen molar-refractivity contribution in [1.82, 2.24) is 10.2 Å². The summed E-state index contributed by atoms with van der Waals surface area (Å²) in [6.45, 7) is 7.18. The van der Waals surface area contributed by atoms with Crippen LogP contribution in [0, 0.1) is 5.92 Å². The second kappa shape index (κ2) is 7.15. The molecule has 0 unspecified atom stereocenters. The number of aliphatic imine (C=N–C) groups is 1. The Bertz CT molecular complexity index is 334. The molecule has 0 atom stereocenters. The Balaban J connectivity index is 1.69. The maximum Gasteiger partial charge on any atom is 0.193 e. The third-order valence-electron chi connectivity index (χ3n) is 3.66. The van der Waals surface area contributed by atoms with E-state index in [0.29, 0.717) is 17.7 Å². The van der Waals surface area contributed by atoms with Gasteiger partial charge in [-0.05, 0) is 31.6 Å². The van der Waals surface area contributed by atoms with Crippen LogP contribution >= 0.6 is 11.6 Å². The summed E-state index contributed by atoms with van der Waals surface area (Å²) in [6.07, 6.45) is 5.30. The fraction of sp³-hybridized carbons (Fsp3) is 0.786. The van der Waals surface area contributed by atoms with Crippen LogP contribution in [0.4, 0.5) is 0 Å². The van der Waals surface area contributed by atoms with E-state index in [4.69, 9.17) is 16.3 Å². The molecule has 2 fully saturated rings. The monoisotopic (exact) mass is 285 g/mol. The molecular formula is C14H24ClN3O. The number of hydrogen-bond acceptors (Lipinski definition) is 2. The van der Waals surface area contributed by atoms with Gasteiger partial charge in [-0.15, -0.1) is 0 Å². The average molecular weight is 286 g/mol. The van der Waals surface area contributed by atoms with Gasteiger partial charge in [0.05, 0.1) is 12.6 Å². The van der Waals surface area contributed by atoms with Gasteiger partial charge in [0.2, 0.25) is 0 Å². The van der Waals surface area contributed by atoms with Gasteiger partial charge in [-0.1, -0.05) is 18.2 Å². The molecule has 0 aromatic rings. The highest BCUT2D eigenvalue weighted by molar-refractivity contribution is 6.29. The summed E-state index contributed by atoms with van der Waals surface area (Å²) < 4.78 is 5.94. The Morgan fingerprint density at radius 1 is 1.37 bits per heavy atom. The smallest absolute Gasteiger partial charge is 0.193 e. The third kappa shape index (κ3) is 5.03. The van der Waals surface area contributed by atoms with Crippen molar-refractivity contribution >= 4 is 17.6 Å². The van der Waals surface area contributed by atoms with E-state index < -0.39 is 0 Å². The van der Waals surface area contributed by atoms with E-state index >= 15 is 0 Å². The number of nitrogens with zero attached hydrogens (tertiary/aromatic N) is 2. The van der Waals surface area contributed by atoms with Crippen molar-refractivity contribution in [1.29, 1.82) is 0 Å². The summed E-state index contributed by atoms with van der Waals surface area (Å²) >= 11 is 5.77. The largest absolute Gasteiger partial charge is 0.378 e. The van der Waals surface area contributed by atoms with E-state index in [2.05, 4.69) is 21.8 Å². The summed E-state index contributed by atoms with van der Waals surface area (Å²) in [5.41, 5.74) is 0. The Kier molecular flexibility index (Phi) is 5.52. The molecule has 0 aromatic carbocycles. The van der Waals surface area contributed by atoms with Crippen LogP contribution in [0.3, 0.4) is 0 Å². The molecule has 1 N–H and O–H groups in total. The van der Waals surface area contributed by atoms with Gasteiger partial charge in [-0.2, -0.15) is 0 Å². The molecule has 5 heteroatoms. The first-order valence-corrected chi connectivity index (χ1v) is 7.47. The Labute approximate surface area is 120 Å². The summed E-state index contributed by atoms with van der Waals surface area (Å²) in [5, 5.41) is 3.82. The first-order chi connectivity index (χ1) is 9.19. The van der Waals surface area contributed by atoms with Gasteiger partial charge in [0.1, 0.15) is 0 Å².